The highest BCUT2D eigenvalue weighted by molar-refractivity contribution is 6.54. The van der Waals surface area contributed by atoms with E-state index in [9.17, 15) is 0 Å². The van der Waals surface area contributed by atoms with Gasteiger partial charge >= 0.3 is 0 Å². The highest BCUT2D eigenvalue weighted by Crippen LogP contribution is 2.20. The van der Waals surface area contributed by atoms with Crippen LogP contribution in [0, 0.1) is 0 Å². The molecule has 1 aromatic rings. The molecule has 0 aliphatic heterocycles. The van der Waals surface area contributed by atoms with Gasteiger partial charge in [-0.05, 0) is 11.1 Å². The molecule has 0 saturated heterocycles. The second-order valence-corrected chi connectivity index (χ2v) is 8.55. The zero-order valence-corrected chi connectivity index (χ0v) is 11.9. The van der Waals surface area contributed by atoms with E-state index < -0.39 is 9.04 Å². The Morgan fingerprint density at radius 1 is 1.38 bits per heavy atom. The SMILES string of the molecule is CC(C)[SiH](ON=Cc1cnn(C)c1)C(C)C. The Kier molecular flexibility index (Phi) is 4.73. The Bertz CT molecular complexity index is 339. The van der Waals surface area contributed by atoms with Gasteiger partial charge in [0.25, 0.3) is 9.04 Å². The van der Waals surface area contributed by atoms with Gasteiger partial charge in [0.2, 0.25) is 0 Å². The molecule has 0 aliphatic carbocycles. The van der Waals surface area contributed by atoms with Crippen molar-refractivity contribution in [2.45, 2.75) is 38.8 Å². The molecule has 0 unspecified atom stereocenters. The third-order valence-electron chi connectivity index (χ3n) is 2.42. The maximum atomic E-state index is 5.65. The predicted octanol–water partition coefficient (Wildman–Crippen LogP) is 2.31. The molecule has 16 heavy (non-hydrogen) atoms. The zero-order chi connectivity index (χ0) is 12.1. The quantitative estimate of drug-likeness (QED) is 0.449. The van der Waals surface area contributed by atoms with E-state index in [0.717, 1.165) is 5.56 Å². The van der Waals surface area contributed by atoms with Crippen LogP contribution in [0.3, 0.4) is 0 Å². The molecule has 1 heterocycles. The lowest BCUT2D eigenvalue weighted by molar-refractivity contribution is 0.332. The summed E-state index contributed by atoms with van der Waals surface area (Å²) in [6.45, 7) is 8.82. The predicted molar refractivity (Wildman–Crippen MR) is 69.2 cm³/mol. The van der Waals surface area contributed by atoms with Crippen LogP contribution in [-0.4, -0.2) is 25.0 Å². The van der Waals surface area contributed by atoms with Crippen LogP contribution in [0.15, 0.2) is 17.5 Å². The third-order valence-corrected chi connectivity index (χ3v) is 5.42. The summed E-state index contributed by atoms with van der Waals surface area (Å²) in [5.41, 5.74) is 2.18. The van der Waals surface area contributed by atoms with Crippen LogP contribution in [0.1, 0.15) is 33.3 Å². The fraction of sp³-hybridized carbons (Fsp3) is 0.636. The van der Waals surface area contributed by atoms with Crippen molar-refractivity contribution in [2.75, 3.05) is 0 Å². The van der Waals surface area contributed by atoms with Gasteiger partial charge in [0, 0.05) is 18.8 Å². The fourth-order valence-corrected chi connectivity index (χ4v) is 3.91. The average molecular weight is 239 g/mol. The van der Waals surface area contributed by atoms with Gasteiger partial charge in [0.1, 0.15) is 0 Å². The standard InChI is InChI=1S/C11H21N3OSi/c1-9(2)16(10(3)4)15-13-7-11-6-12-14(5)8-11/h6-10,16H,1-5H3. The molecule has 1 rings (SSSR count). The smallest absolute Gasteiger partial charge is 0.277 e. The number of aryl methyl sites for hydroxylation is 1. The van der Waals surface area contributed by atoms with Gasteiger partial charge in [-0.15, -0.1) is 5.16 Å². The highest BCUT2D eigenvalue weighted by Gasteiger charge is 2.22. The molecule has 0 amide bonds. The lowest BCUT2D eigenvalue weighted by Crippen LogP contribution is -2.23. The molecule has 0 atom stereocenters. The minimum absolute atomic E-state index is 0.603. The van der Waals surface area contributed by atoms with E-state index in [1.165, 1.54) is 0 Å². The third kappa shape index (κ3) is 3.81. The number of nitrogens with zero attached hydrogens (tertiary/aromatic N) is 3. The Morgan fingerprint density at radius 3 is 2.44 bits per heavy atom. The van der Waals surface area contributed by atoms with Crippen LogP contribution in [0.25, 0.3) is 0 Å². The van der Waals surface area contributed by atoms with Crippen molar-refractivity contribution in [1.82, 2.24) is 9.78 Å². The summed E-state index contributed by atoms with van der Waals surface area (Å²) in [6, 6.07) is 0. The molecule has 0 N–H and O–H groups in total. The summed E-state index contributed by atoms with van der Waals surface area (Å²) in [4.78, 5) is 0. The molecule has 90 valence electrons. The monoisotopic (exact) mass is 239 g/mol. The maximum Gasteiger partial charge on any atom is 0.277 e. The first-order valence-electron chi connectivity index (χ1n) is 5.68. The van der Waals surface area contributed by atoms with Gasteiger partial charge in [-0.25, -0.2) is 0 Å². The highest BCUT2D eigenvalue weighted by atomic mass is 28.3. The van der Waals surface area contributed by atoms with Crippen LogP contribution in [0.5, 0.6) is 0 Å². The summed E-state index contributed by atoms with van der Waals surface area (Å²) in [5.74, 6) is 0. The summed E-state index contributed by atoms with van der Waals surface area (Å²) in [5, 5.41) is 8.15. The second-order valence-electron chi connectivity index (χ2n) is 4.74. The molecule has 0 saturated carbocycles. The van der Waals surface area contributed by atoms with E-state index in [-0.39, 0.29) is 0 Å². The van der Waals surface area contributed by atoms with Crippen LogP contribution in [0.2, 0.25) is 11.1 Å². The minimum Gasteiger partial charge on any atom is -0.458 e. The van der Waals surface area contributed by atoms with Crippen LogP contribution in [0.4, 0.5) is 0 Å². The Balaban J connectivity index is 2.52. The summed E-state index contributed by atoms with van der Waals surface area (Å²) in [7, 11) is 0.647. The average Bonchev–Trinajstić information content (AvgIpc) is 2.57. The number of aromatic nitrogens is 2. The lowest BCUT2D eigenvalue weighted by atomic mass is 10.4. The number of hydrogen-bond donors (Lipinski definition) is 0. The topological polar surface area (TPSA) is 39.4 Å². The van der Waals surface area contributed by atoms with E-state index in [0.29, 0.717) is 11.1 Å². The minimum atomic E-state index is -1.24. The van der Waals surface area contributed by atoms with Crippen LogP contribution in [-0.2, 0) is 11.6 Å². The zero-order valence-electron chi connectivity index (χ0n) is 10.7. The van der Waals surface area contributed by atoms with E-state index in [1.807, 2.05) is 13.2 Å². The Morgan fingerprint density at radius 2 is 2.00 bits per heavy atom. The molecule has 0 spiro atoms. The van der Waals surface area contributed by atoms with Crippen molar-refractivity contribution in [3.05, 3.63) is 18.0 Å². The van der Waals surface area contributed by atoms with Crippen molar-refractivity contribution in [2.24, 2.45) is 12.2 Å². The van der Waals surface area contributed by atoms with Gasteiger partial charge in [-0.1, -0.05) is 27.7 Å². The van der Waals surface area contributed by atoms with Gasteiger partial charge in [0.15, 0.2) is 0 Å². The maximum absolute atomic E-state index is 5.65. The van der Waals surface area contributed by atoms with Crippen molar-refractivity contribution in [1.29, 1.82) is 0 Å². The Labute approximate surface area is 99.0 Å². The molecular formula is C11H21N3OSi. The first-order valence-corrected chi connectivity index (χ1v) is 7.49. The van der Waals surface area contributed by atoms with E-state index in [2.05, 4.69) is 37.9 Å². The molecule has 0 fully saturated rings. The number of rotatable bonds is 5. The largest absolute Gasteiger partial charge is 0.458 e. The van der Waals surface area contributed by atoms with Gasteiger partial charge < -0.3 is 4.53 Å². The summed E-state index contributed by atoms with van der Waals surface area (Å²) >= 11 is 0. The molecular weight excluding hydrogens is 218 g/mol. The fourth-order valence-electron chi connectivity index (χ4n) is 1.68. The number of hydrogen-bond acceptors (Lipinski definition) is 3. The normalized spacial score (nSPS) is 12.2. The van der Waals surface area contributed by atoms with Crippen molar-refractivity contribution in [3.8, 4) is 0 Å². The van der Waals surface area contributed by atoms with Gasteiger partial charge in [-0.2, -0.15) is 5.10 Å². The lowest BCUT2D eigenvalue weighted by Gasteiger charge is -2.19. The summed E-state index contributed by atoms with van der Waals surface area (Å²) < 4.78 is 7.40. The molecule has 5 heteroatoms. The molecule has 0 bridgehead atoms. The molecule has 4 nitrogen and oxygen atoms in total. The molecule has 0 radical (unpaired) electrons. The van der Waals surface area contributed by atoms with Crippen molar-refractivity contribution in [3.63, 3.8) is 0 Å². The molecule has 1 aromatic heterocycles. The van der Waals surface area contributed by atoms with E-state index in [1.54, 1.807) is 17.1 Å². The molecule has 0 aromatic carbocycles. The van der Waals surface area contributed by atoms with Gasteiger partial charge in [0.05, 0.1) is 12.4 Å². The first-order chi connectivity index (χ1) is 7.50. The second kappa shape index (κ2) is 5.84. The van der Waals surface area contributed by atoms with Crippen molar-refractivity contribution >= 4 is 15.3 Å². The van der Waals surface area contributed by atoms with E-state index >= 15 is 0 Å². The summed E-state index contributed by atoms with van der Waals surface area (Å²) in [6.07, 6.45) is 5.42. The molecule has 0 aliphatic rings. The van der Waals surface area contributed by atoms with Crippen LogP contribution >= 0.6 is 0 Å². The van der Waals surface area contributed by atoms with Crippen molar-refractivity contribution < 1.29 is 4.53 Å². The van der Waals surface area contributed by atoms with Gasteiger partial charge in [-0.3, -0.25) is 4.68 Å². The first kappa shape index (κ1) is 13.0. The number of oxime groups is 1. The van der Waals surface area contributed by atoms with Crippen LogP contribution < -0.4 is 0 Å². The van der Waals surface area contributed by atoms with E-state index in [4.69, 9.17) is 4.53 Å². The Hall–Kier alpha value is -1.10.